The van der Waals surface area contributed by atoms with Crippen molar-refractivity contribution >= 4 is 0 Å². The van der Waals surface area contributed by atoms with Crippen molar-refractivity contribution in [2.75, 3.05) is 13.7 Å². The third kappa shape index (κ3) is 3.63. The first-order valence-electron chi connectivity index (χ1n) is 9.07. The second-order valence-corrected chi connectivity index (χ2v) is 6.68. The molecule has 0 radical (unpaired) electrons. The van der Waals surface area contributed by atoms with Gasteiger partial charge < -0.3 is 9.26 Å². The Morgan fingerprint density at radius 2 is 2.15 bits per heavy atom. The van der Waals surface area contributed by atoms with E-state index in [1.54, 1.807) is 13.3 Å². The zero-order valence-electron chi connectivity index (χ0n) is 15.0. The van der Waals surface area contributed by atoms with Crippen molar-refractivity contribution in [1.29, 1.82) is 0 Å². The van der Waals surface area contributed by atoms with E-state index in [1.807, 2.05) is 30.5 Å². The number of nitrogens with zero attached hydrogens (tertiary/aromatic N) is 3. The lowest BCUT2D eigenvalue weighted by Crippen LogP contribution is -2.32. The molecule has 0 amide bonds. The maximum absolute atomic E-state index is 5.61. The number of rotatable bonds is 5. The number of aromatic nitrogens is 2. The molecular weight excluding hydrogens is 326 g/mol. The molecule has 1 atom stereocenters. The maximum atomic E-state index is 5.61. The highest BCUT2D eigenvalue weighted by Crippen LogP contribution is 2.34. The number of hydrogen-bond acceptors (Lipinski definition) is 5. The molecule has 0 aliphatic carbocycles. The van der Waals surface area contributed by atoms with Crippen molar-refractivity contribution in [3.63, 3.8) is 0 Å². The molecule has 1 aliphatic rings. The maximum Gasteiger partial charge on any atom is 0.151 e. The number of likely N-dealkylation sites (tertiary alicyclic amines) is 1. The van der Waals surface area contributed by atoms with Crippen LogP contribution in [0.15, 0.2) is 59.4 Å². The summed E-state index contributed by atoms with van der Waals surface area (Å²) in [6.07, 6.45) is 7.18. The van der Waals surface area contributed by atoms with Crippen molar-refractivity contribution in [3.8, 4) is 17.0 Å². The van der Waals surface area contributed by atoms with E-state index in [-0.39, 0.29) is 0 Å². The zero-order valence-corrected chi connectivity index (χ0v) is 15.0. The zero-order chi connectivity index (χ0) is 17.8. The van der Waals surface area contributed by atoms with Gasteiger partial charge in [0.1, 0.15) is 11.4 Å². The van der Waals surface area contributed by atoms with Crippen LogP contribution in [0.3, 0.4) is 0 Å². The quantitative estimate of drug-likeness (QED) is 0.680. The van der Waals surface area contributed by atoms with Crippen LogP contribution in [-0.2, 0) is 6.54 Å². The Bertz CT molecular complexity index is 847. The van der Waals surface area contributed by atoms with E-state index in [1.165, 1.54) is 18.4 Å². The Balaban J connectivity index is 1.53. The summed E-state index contributed by atoms with van der Waals surface area (Å²) in [6, 6.07) is 14.7. The Morgan fingerprint density at radius 3 is 3.00 bits per heavy atom. The predicted molar refractivity (Wildman–Crippen MR) is 99.7 cm³/mol. The molecule has 1 saturated heterocycles. The molecule has 5 heteroatoms. The number of methoxy groups -OCH3 is 1. The highest BCUT2D eigenvalue weighted by atomic mass is 16.5. The highest BCUT2D eigenvalue weighted by molar-refractivity contribution is 5.57. The summed E-state index contributed by atoms with van der Waals surface area (Å²) in [5.41, 5.74) is 3.12. The largest absolute Gasteiger partial charge is 0.497 e. The fourth-order valence-corrected chi connectivity index (χ4v) is 3.64. The van der Waals surface area contributed by atoms with Crippen LogP contribution in [0, 0.1) is 0 Å². The van der Waals surface area contributed by atoms with Gasteiger partial charge in [0.15, 0.2) is 5.76 Å². The Morgan fingerprint density at radius 1 is 1.19 bits per heavy atom. The number of benzene rings is 1. The molecule has 0 N–H and O–H groups in total. The first kappa shape index (κ1) is 16.8. The molecule has 1 aliphatic heterocycles. The van der Waals surface area contributed by atoms with Gasteiger partial charge in [-0.25, -0.2) is 0 Å². The topological polar surface area (TPSA) is 51.4 Å². The summed E-state index contributed by atoms with van der Waals surface area (Å²) in [4.78, 5) is 6.63. The number of hydrogen-bond donors (Lipinski definition) is 0. The lowest BCUT2D eigenvalue weighted by molar-refractivity contribution is 0.126. The van der Waals surface area contributed by atoms with Gasteiger partial charge in [-0.1, -0.05) is 23.7 Å². The highest BCUT2D eigenvalue weighted by Gasteiger charge is 2.25. The van der Waals surface area contributed by atoms with Crippen LogP contribution in [0.2, 0.25) is 0 Å². The van der Waals surface area contributed by atoms with Crippen molar-refractivity contribution in [1.82, 2.24) is 15.0 Å². The molecular formula is C21H23N3O2. The Hall–Kier alpha value is -2.66. The molecule has 1 aromatic carbocycles. The van der Waals surface area contributed by atoms with Gasteiger partial charge in [-0.2, -0.15) is 0 Å². The van der Waals surface area contributed by atoms with Gasteiger partial charge in [0, 0.05) is 30.1 Å². The normalized spacial score (nSPS) is 18.0. The first-order valence-corrected chi connectivity index (χ1v) is 9.07. The lowest BCUT2D eigenvalue weighted by Gasteiger charge is -2.35. The van der Waals surface area contributed by atoms with E-state index in [9.17, 15) is 0 Å². The molecule has 134 valence electrons. The third-order valence-corrected chi connectivity index (χ3v) is 4.97. The van der Waals surface area contributed by atoms with Crippen molar-refractivity contribution in [2.45, 2.75) is 31.8 Å². The minimum Gasteiger partial charge on any atom is -0.497 e. The van der Waals surface area contributed by atoms with Crippen LogP contribution in [-0.4, -0.2) is 28.7 Å². The van der Waals surface area contributed by atoms with Crippen molar-refractivity contribution < 1.29 is 9.26 Å². The minimum atomic E-state index is 0.380. The Labute approximate surface area is 153 Å². The van der Waals surface area contributed by atoms with Gasteiger partial charge in [0.05, 0.1) is 13.7 Å². The number of pyridine rings is 1. The average Bonchev–Trinajstić information content (AvgIpc) is 3.18. The van der Waals surface area contributed by atoms with Crippen LogP contribution in [0.25, 0.3) is 11.3 Å². The molecule has 3 aromatic rings. The van der Waals surface area contributed by atoms with Gasteiger partial charge in [-0.3, -0.25) is 9.88 Å². The van der Waals surface area contributed by atoms with E-state index >= 15 is 0 Å². The molecule has 3 heterocycles. The molecule has 1 unspecified atom stereocenters. The molecule has 2 aromatic heterocycles. The molecule has 5 nitrogen and oxygen atoms in total. The van der Waals surface area contributed by atoms with Gasteiger partial charge >= 0.3 is 0 Å². The van der Waals surface area contributed by atoms with Crippen LogP contribution in [0.5, 0.6) is 5.75 Å². The fourth-order valence-electron chi connectivity index (χ4n) is 3.64. The molecule has 1 fully saturated rings. The van der Waals surface area contributed by atoms with Gasteiger partial charge in [0.2, 0.25) is 0 Å². The van der Waals surface area contributed by atoms with E-state index in [0.29, 0.717) is 6.04 Å². The van der Waals surface area contributed by atoms with Gasteiger partial charge in [0.25, 0.3) is 0 Å². The van der Waals surface area contributed by atoms with E-state index in [4.69, 9.17) is 9.26 Å². The Kier molecular flexibility index (Phi) is 4.97. The smallest absolute Gasteiger partial charge is 0.151 e. The monoisotopic (exact) mass is 349 g/mol. The minimum absolute atomic E-state index is 0.380. The molecule has 4 rings (SSSR count). The van der Waals surface area contributed by atoms with Crippen molar-refractivity contribution in [3.05, 3.63) is 66.2 Å². The van der Waals surface area contributed by atoms with Gasteiger partial charge in [-0.15, -0.1) is 0 Å². The third-order valence-electron chi connectivity index (χ3n) is 4.97. The van der Waals surface area contributed by atoms with Crippen LogP contribution >= 0.6 is 0 Å². The lowest BCUT2D eigenvalue weighted by atomic mass is 9.95. The first-order chi connectivity index (χ1) is 12.8. The predicted octanol–water partition coefficient (Wildman–Crippen LogP) is 4.47. The van der Waals surface area contributed by atoms with Crippen LogP contribution in [0.1, 0.15) is 36.6 Å². The number of ether oxygens (including phenoxy) is 1. The summed E-state index contributed by atoms with van der Waals surface area (Å²) >= 11 is 0. The fraction of sp³-hybridized carbons (Fsp3) is 0.333. The number of piperidine rings is 1. The summed E-state index contributed by atoms with van der Waals surface area (Å²) in [6.45, 7) is 1.82. The van der Waals surface area contributed by atoms with E-state index < -0.39 is 0 Å². The van der Waals surface area contributed by atoms with Crippen molar-refractivity contribution in [2.24, 2.45) is 0 Å². The second kappa shape index (κ2) is 7.70. The SMILES string of the molecule is COc1cccc(C2CCCCN2Cc2cc(-c3cccnc3)no2)c1. The summed E-state index contributed by atoms with van der Waals surface area (Å²) < 4.78 is 11.0. The van der Waals surface area contributed by atoms with Crippen LogP contribution < -0.4 is 4.74 Å². The summed E-state index contributed by atoms with van der Waals surface area (Å²) in [7, 11) is 1.71. The van der Waals surface area contributed by atoms with E-state index in [2.05, 4.69) is 33.2 Å². The van der Waals surface area contributed by atoms with Crippen LogP contribution in [0.4, 0.5) is 0 Å². The standard InChI is InChI=1S/C21H23N3O2/c1-25-18-8-4-6-16(12-18)21-9-2-3-11-24(21)15-19-13-20(23-26-19)17-7-5-10-22-14-17/h4-8,10,12-14,21H,2-3,9,11,15H2,1H3. The molecule has 0 spiro atoms. The second-order valence-electron chi connectivity index (χ2n) is 6.68. The molecule has 0 saturated carbocycles. The molecule has 0 bridgehead atoms. The summed E-state index contributed by atoms with van der Waals surface area (Å²) in [5, 5.41) is 4.22. The summed E-state index contributed by atoms with van der Waals surface area (Å²) in [5.74, 6) is 1.80. The molecule has 26 heavy (non-hydrogen) atoms. The van der Waals surface area contributed by atoms with Gasteiger partial charge in [-0.05, 0) is 49.2 Å². The van der Waals surface area contributed by atoms with E-state index in [0.717, 1.165) is 42.3 Å². The average molecular weight is 349 g/mol.